The van der Waals surface area contributed by atoms with Crippen LogP contribution in [0.1, 0.15) is 31.0 Å². The highest BCUT2D eigenvalue weighted by atomic mass is 16.5. The number of nitrogens with one attached hydrogen (secondary N) is 1. The summed E-state index contributed by atoms with van der Waals surface area (Å²) in [6, 6.07) is 6.39. The van der Waals surface area contributed by atoms with Gasteiger partial charge in [0.25, 0.3) is 0 Å². The van der Waals surface area contributed by atoms with Gasteiger partial charge in [0.05, 0.1) is 19.8 Å². The fourth-order valence-corrected chi connectivity index (χ4v) is 1.88. The standard InChI is InChI=1S/C15H25NO2/c1-11(2)9-18-10-14(16-4)13-8-12(3)6-7-15(13)17-5/h6-8,11,14,16H,9-10H2,1-5H3. The Kier molecular flexibility index (Phi) is 6.16. The van der Waals surface area contributed by atoms with Gasteiger partial charge >= 0.3 is 0 Å². The number of ether oxygens (including phenoxy) is 2. The molecule has 3 nitrogen and oxygen atoms in total. The smallest absolute Gasteiger partial charge is 0.123 e. The quantitative estimate of drug-likeness (QED) is 0.808. The molecule has 1 rings (SSSR count). The molecule has 18 heavy (non-hydrogen) atoms. The zero-order chi connectivity index (χ0) is 13.5. The average molecular weight is 251 g/mol. The molecule has 0 aliphatic carbocycles. The highest BCUT2D eigenvalue weighted by Crippen LogP contribution is 2.26. The van der Waals surface area contributed by atoms with Gasteiger partial charge in [0.15, 0.2) is 0 Å². The molecule has 0 spiro atoms. The summed E-state index contributed by atoms with van der Waals surface area (Å²) in [7, 11) is 3.65. The van der Waals surface area contributed by atoms with Gasteiger partial charge in [-0.25, -0.2) is 0 Å². The van der Waals surface area contributed by atoms with Gasteiger partial charge in [0.2, 0.25) is 0 Å². The molecule has 0 heterocycles. The molecule has 1 unspecified atom stereocenters. The first kappa shape index (κ1) is 15.0. The van der Waals surface area contributed by atoms with E-state index in [9.17, 15) is 0 Å². The lowest BCUT2D eigenvalue weighted by atomic mass is 10.0. The number of hydrogen-bond donors (Lipinski definition) is 1. The molecule has 1 aromatic carbocycles. The van der Waals surface area contributed by atoms with Crippen LogP contribution in [0.3, 0.4) is 0 Å². The molecule has 102 valence electrons. The van der Waals surface area contributed by atoms with Crippen molar-refractivity contribution in [2.24, 2.45) is 5.92 Å². The Morgan fingerprint density at radius 1 is 1.22 bits per heavy atom. The third kappa shape index (κ3) is 4.31. The lowest BCUT2D eigenvalue weighted by Gasteiger charge is -2.20. The molecule has 0 bridgehead atoms. The van der Waals surface area contributed by atoms with Gasteiger partial charge in [-0.2, -0.15) is 0 Å². The number of methoxy groups -OCH3 is 1. The molecule has 0 amide bonds. The lowest BCUT2D eigenvalue weighted by molar-refractivity contribution is 0.0913. The molecule has 0 saturated heterocycles. The van der Waals surface area contributed by atoms with Crippen molar-refractivity contribution in [3.05, 3.63) is 29.3 Å². The molecule has 0 aliphatic heterocycles. The topological polar surface area (TPSA) is 30.5 Å². The van der Waals surface area contributed by atoms with Crippen molar-refractivity contribution in [1.82, 2.24) is 5.32 Å². The zero-order valence-electron chi connectivity index (χ0n) is 12.1. The molecule has 0 aliphatic rings. The van der Waals surface area contributed by atoms with Gasteiger partial charge < -0.3 is 14.8 Å². The fourth-order valence-electron chi connectivity index (χ4n) is 1.88. The Labute approximate surface area is 110 Å². The zero-order valence-corrected chi connectivity index (χ0v) is 12.1. The monoisotopic (exact) mass is 251 g/mol. The number of hydrogen-bond acceptors (Lipinski definition) is 3. The lowest BCUT2D eigenvalue weighted by Crippen LogP contribution is -2.23. The Hall–Kier alpha value is -1.06. The summed E-state index contributed by atoms with van der Waals surface area (Å²) in [4.78, 5) is 0. The number of rotatable bonds is 7. The van der Waals surface area contributed by atoms with E-state index in [4.69, 9.17) is 9.47 Å². The SMILES string of the molecule is CNC(COCC(C)C)c1cc(C)ccc1OC. The first-order chi connectivity index (χ1) is 8.58. The van der Waals surface area contributed by atoms with Crippen LogP contribution in [0.4, 0.5) is 0 Å². The van der Waals surface area contributed by atoms with Crippen LogP contribution in [0, 0.1) is 12.8 Å². The van der Waals surface area contributed by atoms with Crippen LogP contribution in [0.2, 0.25) is 0 Å². The molecule has 1 atom stereocenters. The third-order valence-corrected chi connectivity index (χ3v) is 2.84. The summed E-state index contributed by atoms with van der Waals surface area (Å²) in [5, 5.41) is 3.29. The van der Waals surface area contributed by atoms with Gasteiger partial charge in [-0.05, 0) is 26.0 Å². The van der Waals surface area contributed by atoms with Crippen molar-refractivity contribution in [1.29, 1.82) is 0 Å². The van der Waals surface area contributed by atoms with Gasteiger partial charge in [0, 0.05) is 12.2 Å². The normalized spacial score (nSPS) is 12.8. The highest BCUT2D eigenvalue weighted by Gasteiger charge is 2.15. The van der Waals surface area contributed by atoms with Crippen molar-refractivity contribution in [3.63, 3.8) is 0 Å². The second-order valence-electron chi connectivity index (χ2n) is 5.02. The average Bonchev–Trinajstić information content (AvgIpc) is 2.34. The van der Waals surface area contributed by atoms with E-state index in [-0.39, 0.29) is 6.04 Å². The summed E-state index contributed by atoms with van der Waals surface area (Å²) >= 11 is 0. The minimum atomic E-state index is 0.165. The minimum absolute atomic E-state index is 0.165. The molecule has 3 heteroatoms. The minimum Gasteiger partial charge on any atom is -0.496 e. The summed E-state index contributed by atoms with van der Waals surface area (Å²) in [6.45, 7) is 7.84. The molecular weight excluding hydrogens is 226 g/mol. The predicted octanol–water partition coefficient (Wildman–Crippen LogP) is 2.94. The Morgan fingerprint density at radius 2 is 1.94 bits per heavy atom. The van der Waals surface area contributed by atoms with E-state index >= 15 is 0 Å². The second-order valence-corrected chi connectivity index (χ2v) is 5.02. The fraction of sp³-hybridized carbons (Fsp3) is 0.600. The first-order valence-corrected chi connectivity index (χ1v) is 6.48. The maximum atomic E-state index is 5.72. The molecule has 0 aromatic heterocycles. The highest BCUT2D eigenvalue weighted by molar-refractivity contribution is 5.39. The third-order valence-electron chi connectivity index (χ3n) is 2.84. The van der Waals surface area contributed by atoms with Crippen LogP contribution in [-0.2, 0) is 4.74 Å². The number of benzene rings is 1. The molecular formula is C15H25NO2. The number of likely N-dealkylation sites (N-methyl/N-ethyl adjacent to an activating group) is 1. The van der Waals surface area contributed by atoms with Crippen molar-refractivity contribution in [2.75, 3.05) is 27.4 Å². The molecule has 1 N–H and O–H groups in total. The van der Waals surface area contributed by atoms with E-state index in [0.717, 1.165) is 17.9 Å². The van der Waals surface area contributed by atoms with Crippen LogP contribution in [0.15, 0.2) is 18.2 Å². The Morgan fingerprint density at radius 3 is 2.50 bits per heavy atom. The largest absolute Gasteiger partial charge is 0.496 e. The summed E-state index contributed by atoms with van der Waals surface area (Å²) < 4.78 is 11.1. The van der Waals surface area contributed by atoms with Crippen LogP contribution < -0.4 is 10.1 Å². The maximum Gasteiger partial charge on any atom is 0.123 e. The Bertz CT molecular complexity index is 364. The molecule has 1 aromatic rings. The van der Waals surface area contributed by atoms with Crippen molar-refractivity contribution in [2.45, 2.75) is 26.8 Å². The summed E-state index contributed by atoms with van der Waals surface area (Å²) in [5.74, 6) is 1.47. The van der Waals surface area contributed by atoms with Gasteiger partial charge in [-0.1, -0.05) is 31.5 Å². The van der Waals surface area contributed by atoms with Gasteiger partial charge in [-0.3, -0.25) is 0 Å². The Balaban J connectivity index is 2.77. The van der Waals surface area contributed by atoms with Crippen molar-refractivity contribution in [3.8, 4) is 5.75 Å². The van der Waals surface area contributed by atoms with Crippen LogP contribution in [0.25, 0.3) is 0 Å². The molecule has 0 radical (unpaired) electrons. The first-order valence-electron chi connectivity index (χ1n) is 6.48. The second kappa shape index (κ2) is 7.39. The van der Waals surface area contributed by atoms with Crippen LogP contribution in [-0.4, -0.2) is 27.4 Å². The van der Waals surface area contributed by atoms with Crippen molar-refractivity contribution >= 4 is 0 Å². The summed E-state index contributed by atoms with van der Waals surface area (Å²) in [6.07, 6.45) is 0. The maximum absolute atomic E-state index is 5.72. The van der Waals surface area contributed by atoms with Crippen molar-refractivity contribution < 1.29 is 9.47 Å². The molecule has 0 saturated carbocycles. The van der Waals surface area contributed by atoms with Crippen LogP contribution in [0.5, 0.6) is 5.75 Å². The number of aryl methyl sites for hydroxylation is 1. The van der Waals surface area contributed by atoms with Gasteiger partial charge in [-0.15, -0.1) is 0 Å². The summed E-state index contributed by atoms with van der Waals surface area (Å²) in [5.41, 5.74) is 2.39. The van der Waals surface area contributed by atoms with E-state index < -0.39 is 0 Å². The van der Waals surface area contributed by atoms with E-state index in [0.29, 0.717) is 12.5 Å². The molecule has 0 fully saturated rings. The van der Waals surface area contributed by atoms with E-state index in [1.54, 1.807) is 7.11 Å². The van der Waals surface area contributed by atoms with Gasteiger partial charge in [0.1, 0.15) is 5.75 Å². The van der Waals surface area contributed by atoms with Crippen LogP contribution >= 0.6 is 0 Å². The predicted molar refractivity (Wildman–Crippen MR) is 75.2 cm³/mol. The van der Waals surface area contributed by atoms with E-state index in [1.807, 2.05) is 13.1 Å². The van der Waals surface area contributed by atoms with E-state index in [1.165, 1.54) is 5.56 Å². The van der Waals surface area contributed by atoms with E-state index in [2.05, 4.69) is 38.2 Å².